The first-order valence-corrected chi connectivity index (χ1v) is 7.89. The first-order chi connectivity index (χ1) is 10.1. The van der Waals surface area contributed by atoms with E-state index < -0.39 is 0 Å². The van der Waals surface area contributed by atoms with E-state index in [9.17, 15) is 10.1 Å². The van der Waals surface area contributed by atoms with E-state index in [1.54, 1.807) is 6.07 Å². The summed E-state index contributed by atoms with van der Waals surface area (Å²) in [6.45, 7) is 5.06. The monoisotopic (exact) mass is 291 g/mol. The Morgan fingerprint density at radius 2 is 1.90 bits per heavy atom. The summed E-state index contributed by atoms with van der Waals surface area (Å²) in [4.78, 5) is 11.1. The Morgan fingerprint density at radius 1 is 1.24 bits per heavy atom. The van der Waals surface area contributed by atoms with Crippen molar-refractivity contribution in [3.63, 3.8) is 0 Å². The van der Waals surface area contributed by atoms with Gasteiger partial charge in [-0.25, -0.2) is 0 Å². The van der Waals surface area contributed by atoms with E-state index in [1.165, 1.54) is 12.8 Å². The molecule has 0 atom stereocenters. The molecule has 1 aliphatic carbocycles. The van der Waals surface area contributed by atoms with Crippen LogP contribution in [0.3, 0.4) is 0 Å². The minimum absolute atomic E-state index is 0.171. The molecule has 2 rings (SSSR count). The van der Waals surface area contributed by atoms with Gasteiger partial charge < -0.3 is 10.6 Å². The molecule has 0 aliphatic heterocycles. The fourth-order valence-corrected chi connectivity index (χ4v) is 2.88. The lowest BCUT2D eigenvalue weighted by Gasteiger charge is -2.27. The van der Waals surface area contributed by atoms with Crippen molar-refractivity contribution in [2.45, 2.75) is 52.0 Å². The van der Waals surface area contributed by atoms with Gasteiger partial charge in [0.25, 0.3) is 0 Å². The Labute approximate surface area is 126 Å². The molecular formula is C16H25N3O2. The first kappa shape index (κ1) is 15.6. The predicted octanol–water partition coefficient (Wildman–Crippen LogP) is 4.41. The molecule has 1 aliphatic rings. The van der Waals surface area contributed by atoms with Crippen molar-refractivity contribution < 1.29 is 4.92 Å². The zero-order chi connectivity index (χ0) is 15.2. The molecule has 0 saturated heterocycles. The van der Waals surface area contributed by atoms with E-state index in [0.717, 1.165) is 31.7 Å². The van der Waals surface area contributed by atoms with Gasteiger partial charge in [0.15, 0.2) is 0 Å². The molecule has 0 bridgehead atoms. The molecule has 1 aromatic carbocycles. The number of nitrogens with zero attached hydrogens (tertiary/aromatic N) is 1. The molecular weight excluding hydrogens is 266 g/mol. The van der Waals surface area contributed by atoms with Gasteiger partial charge in [-0.05, 0) is 50.2 Å². The third-order valence-corrected chi connectivity index (χ3v) is 4.16. The van der Waals surface area contributed by atoms with Gasteiger partial charge in [0.05, 0.1) is 4.92 Å². The van der Waals surface area contributed by atoms with Crippen molar-refractivity contribution in [3.05, 3.63) is 28.3 Å². The van der Waals surface area contributed by atoms with Crippen LogP contribution >= 0.6 is 0 Å². The van der Waals surface area contributed by atoms with Crippen LogP contribution in [0.2, 0.25) is 0 Å². The van der Waals surface area contributed by atoms with Gasteiger partial charge in [-0.3, -0.25) is 10.1 Å². The standard InChI is InChI=1S/C16H25N3O2/c1-3-11-17-14-5-4-6-15(16(14)19(20)21)18-13-9-7-12(2)8-10-13/h4-6,12-13,17-18H,3,7-11H2,1-2H3. The normalized spacial score (nSPS) is 21.8. The van der Waals surface area contributed by atoms with E-state index in [0.29, 0.717) is 17.4 Å². The molecule has 2 N–H and O–H groups in total. The van der Waals surface area contributed by atoms with Crippen LogP contribution in [-0.4, -0.2) is 17.5 Å². The van der Waals surface area contributed by atoms with Crippen molar-refractivity contribution in [2.24, 2.45) is 5.92 Å². The topological polar surface area (TPSA) is 67.2 Å². The van der Waals surface area contributed by atoms with Crippen LogP contribution in [0, 0.1) is 16.0 Å². The molecule has 5 heteroatoms. The Bertz CT molecular complexity index is 482. The Hall–Kier alpha value is -1.78. The lowest BCUT2D eigenvalue weighted by molar-refractivity contribution is -0.383. The van der Waals surface area contributed by atoms with E-state index >= 15 is 0 Å². The summed E-state index contributed by atoms with van der Waals surface area (Å²) in [6.07, 6.45) is 5.50. The molecule has 0 spiro atoms. The molecule has 1 aromatic rings. The predicted molar refractivity (Wildman–Crippen MR) is 86.9 cm³/mol. The van der Waals surface area contributed by atoms with Crippen LogP contribution in [0.15, 0.2) is 18.2 Å². The highest BCUT2D eigenvalue weighted by Crippen LogP contribution is 2.35. The molecule has 0 heterocycles. The minimum atomic E-state index is -0.286. The zero-order valence-electron chi connectivity index (χ0n) is 12.9. The van der Waals surface area contributed by atoms with E-state index in [-0.39, 0.29) is 10.6 Å². The third-order valence-electron chi connectivity index (χ3n) is 4.16. The number of nitro groups is 1. The fraction of sp³-hybridized carbons (Fsp3) is 0.625. The summed E-state index contributed by atoms with van der Waals surface area (Å²) >= 11 is 0. The minimum Gasteiger partial charge on any atom is -0.379 e. The highest BCUT2D eigenvalue weighted by molar-refractivity contribution is 5.76. The van der Waals surface area contributed by atoms with E-state index in [4.69, 9.17) is 0 Å². The Balaban J connectivity index is 2.16. The van der Waals surface area contributed by atoms with Gasteiger partial charge in [-0.1, -0.05) is 19.9 Å². The number of nitro benzene ring substituents is 1. The van der Waals surface area contributed by atoms with Gasteiger partial charge >= 0.3 is 5.69 Å². The molecule has 0 amide bonds. The molecule has 1 fully saturated rings. The fourth-order valence-electron chi connectivity index (χ4n) is 2.88. The molecule has 0 radical (unpaired) electrons. The van der Waals surface area contributed by atoms with Gasteiger partial charge in [-0.2, -0.15) is 0 Å². The molecule has 0 unspecified atom stereocenters. The lowest BCUT2D eigenvalue weighted by atomic mass is 9.87. The number of rotatable bonds is 6. The lowest BCUT2D eigenvalue weighted by Crippen LogP contribution is -2.25. The van der Waals surface area contributed by atoms with E-state index in [2.05, 4.69) is 17.6 Å². The molecule has 21 heavy (non-hydrogen) atoms. The highest BCUT2D eigenvalue weighted by atomic mass is 16.6. The van der Waals surface area contributed by atoms with Crippen LogP contribution in [0.25, 0.3) is 0 Å². The van der Waals surface area contributed by atoms with Crippen molar-refractivity contribution in [2.75, 3.05) is 17.2 Å². The Morgan fingerprint density at radius 3 is 2.52 bits per heavy atom. The SMILES string of the molecule is CCCNc1cccc(NC2CCC(C)CC2)c1[N+](=O)[O-]. The molecule has 1 saturated carbocycles. The van der Waals surface area contributed by atoms with Gasteiger partial charge in [0, 0.05) is 12.6 Å². The summed E-state index contributed by atoms with van der Waals surface area (Å²) in [5.74, 6) is 0.774. The van der Waals surface area contributed by atoms with Gasteiger partial charge in [0.1, 0.15) is 11.4 Å². The van der Waals surface area contributed by atoms with Crippen LogP contribution in [-0.2, 0) is 0 Å². The highest BCUT2D eigenvalue weighted by Gasteiger charge is 2.23. The average molecular weight is 291 g/mol. The zero-order valence-corrected chi connectivity index (χ0v) is 12.9. The second-order valence-electron chi connectivity index (χ2n) is 5.99. The van der Waals surface area contributed by atoms with Crippen molar-refractivity contribution >= 4 is 17.1 Å². The third kappa shape index (κ3) is 4.09. The maximum absolute atomic E-state index is 11.4. The van der Waals surface area contributed by atoms with Crippen molar-refractivity contribution in [1.29, 1.82) is 0 Å². The summed E-state index contributed by atoms with van der Waals surface area (Å²) in [6, 6.07) is 5.81. The Kier molecular flexibility index (Phi) is 5.42. The average Bonchev–Trinajstić information content (AvgIpc) is 2.47. The quantitative estimate of drug-likeness (QED) is 0.602. The number of nitrogens with one attached hydrogen (secondary N) is 2. The van der Waals surface area contributed by atoms with Gasteiger partial charge in [-0.15, -0.1) is 0 Å². The van der Waals surface area contributed by atoms with Crippen molar-refractivity contribution in [3.8, 4) is 0 Å². The first-order valence-electron chi connectivity index (χ1n) is 7.89. The molecule has 116 valence electrons. The summed E-state index contributed by atoms with van der Waals surface area (Å²) in [5, 5.41) is 18.0. The number of hydrogen-bond acceptors (Lipinski definition) is 4. The van der Waals surface area contributed by atoms with Crippen LogP contribution in [0.4, 0.5) is 17.1 Å². The number of para-hydroxylation sites is 1. The molecule has 0 aromatic heterocycles. The van der Waals surface area contributed by atoms with Crippen LogP contribution in [0.5, 0.6) is 0 Å². The number of hydrogen-bond donors (Lipinski definition) is 2. The smallest absolute Gasteiger partial charge is 0.315 e. The second kappa shape index (κ2) is 7.29. The largest absolute Gasteiger partial charge is 0.379 e. The maximum atomic E-state index is 11.4. The number of benzene rings is 1. The maximum Gasteiger partial charge on any atom is 0.315 e. The molecule has 5 nitrogen and oxygen atoms in total. The van der Waals surface area contributed by atoms with Gasteiger partial charge in [0.2, 0.25) is 0 Å². The van der Waals surface area contributed by atoms with Crippen molar-refractivity contribution in [1.82, 2.24) is 0 Å². The van der Waals surface area contributed by atoms with Crippen LogP contribution < -0.4 is 10.6 Å². The van der Waals surface area contributed by atoms with E-state index in [1.807, 2.05) is 19.1 Å². The second-order valence-corrected chi connectivity index (χ2v) is 5.99. The summed E-state index contributed by atoms with van der Waals surface area (Å²) < 4.78 is 0. The van der Waals surface area contributed by atoms with Crippen LogP contribution in [0.1, 0.15) is 46.0 Å². The summed E-state index contributed by atoms with van der Waals surface area (Å²) in [7, 11) is 0. The number of anilines is 2. The summed E-state index contributed by atoms with van der Waals surface area (Å²) in [5.41, 5.74) is 1.42.